The van der Waals surface area contributed by atoms with Crippen molar-refractivity contribution in [3.05, 3.63) is 77.5 Å². The van der Waals surface area contributed by atoms with Crippen LogP contribution in [0.3, 0.4) is 0 Å². The van der Waals surface area contributed by atoms with Gasteiger partial charge in [-0.15, -0.1) is 0 Å². The van der Waals surface area contributed by atoms with Crippen molar-refractivity contribution in [1.82, 2.24) is 9.88 Å². The summed E-state index contributed by atoms with van der Waals surface area (Å²) in [4.78, 5) is 18.4. The Balaban J connectivity index is 1.50. The van der Waals surface area contributed by atoms with Gasteiger partial charge in [-0.05, 0) is 36.2 Å². The zero-order chi connectivity index (χ0) is 23.6. The lowest BCUT2D eigenvalue weighted by atomic mass is 10.0. The number of anilines is 1. The van der Waals surface area contributed by atoms with E-state index >= 15 is 0 Å². The van der Waals surface area contributed by atoms with E-state index in [-0.39, 0.29) is 35.7 Å². The molecule has 4 N–H and O–H groups in total. The maximum Gasteiger partial charge on any atom is 0.416 e. The molecule has 1 aliphatic heterocycles. The Labute approximate surface area is 189 Å². The fourth-order valence-electron chi connectivity index (χ4n) is 3.77. The van der Waals surface area contributed by atoms with Crippen molar-refractivity contribution in [3.8, 4) is 16.9 Å². The molecule has 6 nitrogen and oxygen atoms in total. The van der Waals surface area contributed by atoms with Crippen LogP contribution < -0.4 is 16.2 Å². The predicted octanol–water partition coefficient (Wildman–Crippen LogP) is 4.10. The monoisotopic (exact) mass is 456 g/mol. The minimum atomic E-state index is -4.48. The largest absolute Gasteiger partial charge is 0.485 e. The van der Waals surface area contributed by atoms with Gasteiger partial charge in [0.15, 0.2) is 11.6 Å². The van der Waals surface area contributed by atoms with Crippen LogP contribution in [0.25, 0.3) is 11.1 Å². The van der Waals surface area contributed by atoms with Crippen LogP contribution in [0.15, 0.2) is 60.8 Å². The highest BCUT2D eigenvalue weighted by Gasteiger charge is 2.33. The Kier molecular flexibility index (Phi) is 6.24. The molecule has 1 aromatic heterocycles. The van der Waals surface area contributed by atoms with Crippen molar-refractivity contribution >= 4 is 11.7 Å². The van der Waals surface area contributed by atoms with Gasteiger partial charge in [0.1, 0.15) is 6.61 Å². The van der Waals surface area contributed by atoms with Crippen LogP contribution in [-0.4, -0.2) is 34.9 Å². The summed E-state index contributed by atoms with van der Waals surface area (Å²) in [7, 11) is 0. The molecule has 9 heteroatoms. The van der Waals surface area contributed by atoms with E-state index in [1.807, 2.05) is 0 Å². The first-order chi connectivity index (χ1) is 15.7. The molecule has 0 aliphatic carbocycles. The Bertz CT molecular complexity index is 1150. The number of aromatic nitrogens is 1. The number of pyridine rings is 1. The summed E-state index contributed by atoms with van der Waals surface area (Å²) in [6, 6.07) is 13.8. The Morgan fingerprint density at radius 2 is 1.85 bits per heavy atom. The Hall–Kier alpha value is -3.59. The van der Waals surface area contributed by atoms with Crippen LogP contribution in [-0.2, 0) is 12.8 Å². The number of rotatable bonds is 5. The molecule has 2 heterocycles. The normalized spacial score (nSPS) is 16.1. The number of nitrogen functional groups attached to an aromatic ring is 1. The van der Waals surface area contributed by atoms with Gasteiger partial charge in [-0.3, -0.25) is 4.79 Å². The lowest BCUT2D eigenvalue weighted by molar-refractivity contribution is -0.138. The predicted molar refractivity (Wildman–Crippen MR) is 118 cm³/mol. The summed E-state index contributed by atoms with van der Waals surface area (Å²) in [5.41, 5.74) is 13.0. The number of ether oxygens (including phenoxy) is 1. The lowest BCUT2D eigenvalue weighted by Gasteiger charge is -2.16. The van der Waals surface area contributed by atoms with E-state index in [4.69, 9.17) is 16.2 Å². The first-order valence-corrected chi connectivity index (χ1v) is 10.4. The summed E-state index contributed by atoms with van der Waals surface area (Å²) in [6.07, 6.45) is -2.15. The molecular weight excluding hydrogens is 433 g/mol. The second kappa shape index (κ2) is 9.11. The number of hydrogen-bond donors (Lipinski definition) is 2. The molecule has 1 saturated heterocycles. The average molecular weight is 456 g/mol. The molecule has 172 valence electrons. The van der Waals surface area contributed by atoms with Gasteiger partial charge in [-0.25, -0.2) is 4.98 Å². The van der Waals surface area contributed by atoms with Crippen molar-refractivity contribution in [1.29, 1.82) is 0 Å². The summed E-state index contributed by atoms with van der Waals surface area (Å²) in [5, 5.41) is 0. The van der Waals surface area contributed by atoms with Crippen LogP contribution in [0.5, 0.6) is 5.75 Å². The topological polar surface area (TPSA) is 94.5 Å². The average Bonchev–Trinajstić information content (AvgIpc) is 3.24. The smallest absolute Gasteiger partial charge is 0.416 e. The number of nitrogens with two attached hydrogens (primary N) is 2. The number of hydrogen-bond acceptors (Lipinski definition) is 5. The fourth-order valence-corrected chi connectivity index (χ4v) is 3.77. The molecule has 0 unspecified atom stereocenters. The fraction of sp³-hybridized carbons (Fsp3) is 0.250. The van der Waals surface area contributed by atoms with Gasteiger partial charge in [0.2, 0.25) is 0 Å². The third kappa shape index (κ3) is 5.09. The van der Waals surface area contributed by atoms with Crippen molar-refractivity contribution < 1.29 is 22.7 Å². The number of likely N-dealkylation sites (tertiary alicyclic amines) is 1. The third-order valence-electron chi connectivity index (χ3n) is 5.56. The quantitative estimate of drug-likeness (QED) is 0.603. The second-order valence-electron chi connectivity index (χ2n) is 7.93. The van der Waals surface area contributed by atoms with Gasteiger partial charge in [0.05, 0.1) is 5.56 Å². The molecule has 0 bridgehead atoms. The number of benzene rings is 2. The lowest BCUT2D eigenvalue weighted by Crippen LogP contribution is -2.31. The minimum absolute atomic E-state index is 0.000649. The van der Waals surface area contributed by atoms with E-state index in [0.29, 0.717) is 24.2 Å². The number of alkyl halides is 3. The van der Waals surface area contributed by atoms with Gasteiger partial charge in [-0.1, -0.05) is 30.3 Å². The molecule has 0 radical (unpaired) electrons. The summed E-state index contributed by atoms with van der Waals surface area (Å²) in [5.74, 6) is 0.174. The van der Waals surface area contributed by atoms with Crippen LogP contribution in [0.4, 0.5) is 19.0 Å². The molecule has 1 aliphatic rings. The zero-order valence-corrected chi connectivity index (χ0v) is 17.7. The van der Waals surface area contributed by atoms with E-state index < -0.39 is 11.7 Å². The van der Waals surface area contributed by atoms with Crippen LogP contribution in [0.2, 0.25) is 0 Å². The molecule has 1 fully saturated rings. The van der Waals surface area contributed by atoms with Crippen LogP contribution in [0.1, 0.15) is 27.9 Å². The van der Waals surface area contributed by atoms with E-state index in [2.05, 4.69) is 4.98 Å². The van der Waals surface area contributed by atoms with Crippen molar-refractivity contribution in [2.24, 2.45) is 5.73 Å². The molecular formula is C24H23F3N4O2. The van der Waals surface area contributed by atoms with Gasteiger partial charge >= 0.3 is 6.18 Å². The van der Waals surface area contributed by atoms with Gasteiger partial charge in [-0.2, -0.15) is 13.2 Å². The maximum atomic E-state index is 13.2. The van der Waals surface area contributed by atoms with Crippen LogP contribution in [0, 0.1) is 0 Å². The third-order valence-corrected chi connectivity index (χ3v) is 5.56. The standard InChI is InChI=1S/C24H23F3N4O2/c25-24(26,27)20-4-2-1-3-17(20)14-33-21-11-18(12-30-22(21)29)15-5-7-16(8-6-15)23(32)31-10-9-19(28)13-31/h1-8,11-12,19H,9-10,13-14,28H2,(H2,29,30)/t19-/m0/s1. The minimum Gasteiger partial charge on any atom is -0.485 e. The Morgan fingerprint density at radius 3 is 2.52 bits per heavy atom. The second-order valence-corrected chi connectivity index (χ2v) is 7.93. The maximum absolute atomic E-state index is 13.2. The van der Waals surface area contributed by atoms with Gasteiger partial charge < -0.3 is 21.1 Å². The van der Waals surface area contributed by atoms with E-state index in [9.17, 15) is 18.0 Å². The summed E-state index contributed by atoms with van der Waals surface area (Å²) < 4.78 is 45.3. The van der Waals surface area contributed by atoms with Gasteiger partial charge in [0.25, 0.3) is 5.91 Å². The number of amides is 1. The molecule has 3 aromatic rings. The molecule has 4 rings (SSSR count). The highest BCUT2D eigenvalue weighted by atomic mass is 19.4. The van der Waals surface area contributed by atoms with Crippen molar-refractivity contribution in [2.75, 3.05) is 18.8 Å². The zero-order valence-electron chi connectivity index (χ0n) is 17.7. The highest BCUT2D eigenvalue weighted by Crippen LogP contribution is 2.33. The SMILES string of the molecule is Nc1ncc(-c2ccc(C(=O)N3CC[C@H](N)C3)cc2)cc1OCc1ccccc1C(F)(F)F. The van der Waals surface area contributed by atoms with Crippen LogP contribution >= 0.6 is 0 Å². The molecule has 1 amide bonds. The molecule has 2 aromatic carbocycles. The first kappa shape index (κ1) is 22.6. The number of carbonyl (C=O) groups excluding carboxylic acids is 1. The number of carbonyl (C=O) groups is 1. The van der Waals surface area contributed by atoms with E-state index in [1.54, 1.807) is 41.4 Å². The number of halogens is 3. The van der Waals surface area contributed by atoms with Crippen molar-refractivity contribution in [2.45, 2.75) is 25.2 Å². The van der Waals surface area contributed by atoms with E-state index in [1.165, 1.54) is 18.2 Å². The molecule has 0 saturated carbocycles. The summed E-state index contributed by atoms with van der Waals surface area (Å²) in [6.45, 7) is 0.874. The first-order valence-electron chi connectivity index (χ1n) is 10.4. The summed E-state index contributed by atoms with van der Waals surface area (Å²) >= 11 is 0. The van der Waals surface area contributed by atoms with Gasteiger partial charge in [0, 0.05) is 42.0 Å². The molecule has 0 spiro atoms. The molecule has 33 heavy (non-hydrogen) atoms. The molecule has 1 atom stereocenters. The Morgan fingerprint density at radius 1 is 1.12 bits per heavy atom. The highest BCUT2D eigenvalue weighted by molar-refractivity contribution is 5.95. The van der Waals surface area contributed by atoms with E-state index in [0.717, 1.165) is 18.1 Å². The van der Waals surface area contributed by atoms with Crippen molar-refractivity contribution in [3.63, 3.8) is 0 Å². The number of nitrogens with zero attached hydrogens (tertiary/aromatic N) is 2.